The van der Waals surface area contributed by atoms with Crippen molar-refractivity contribution < 1.29 is 9.50 Å². The van der Waals surface area contributed by atoms with E-state index in [2.05, 4.69) is 10.3 Å². The van der Waals surface area contributed by atoms with Crippen LogP contribution in [0.25, 0.3) is 11.1 Å². The molecule has 2 aromatic rings. The standard InChI is InChI=1S/C18H23FN2O/c1-18(2,3)17(22)12-21-11-15-5-4-14(10-16(15)19)13-6-8-20-9-7-13/h4-10,17,21-22H,11-12H2,1-3H3. The van der Waals surface area contributed by atoms with E-state index in [9.17, 15) is 9.50 Å². The molecule has 0 aliphatic heterocycles. The van der Waals surface area contributed by atoms with Gasteiger partial charge in [0.25, 0.3) is 0 Å². The topological polar surface area (TPSA) is 45.1 Å². The number of rotatable bonds is 5. The maximum absolute atomic E-state index is 14.2. The first kappa shape index (κ1) is 16.6. The van der Waals surface area contributed by atoms with Gasteiger partial charge in [0.2, 0.25) is 0 Å². The molecule has 1 heterocycles. The molecule has 0 bridgehead atoms. The normalized spacial score (nSPS) is 13.1. The Balaban J connectivity index is 1.99. The van der Waals surface area contributed by atoms with Gasteiger partial charge < -0.3 is 10.4 Å². The summed E-state index contributed by atoms with van der Waals surface area (Å²) in [6.45, 7) is 6.76. The Kier molecular flexibility index (Phi) is 5.27. The van der Waals surface area contributed by atoms with E-state index in [-0.39, 0.29) is 11.2 Å². The summed E-state index contributed by atoms with van der Waals surface area (Å²) in [6.07, 6.45) is 2.92. The van der Waals surface area contributed by atoms with Crippen LogP contribution in [0.5, 0.6) is 0 Å². The van der Waals surface area contributed by atoms with Crippen LogP contribution in [0.4, 0.5) is 4.39 Å². The Labute approximate surface area is 131 Å². The SMILES string of the molecule is CC(C)(C)C(O)CNCc1ccc(-c2ccncc2)cc1F. The Hall–Kier alpha value is -1.78. The lowest BCUT2D eigenvalue weighted by molar-refractivity contribution is 0.0627. The highest BCUT2D eigenvalue weighted by molar-refractivity contribution is 5.63. The van der Waals surface area contributed by atoms with Crippen LogP contribution in [0.3, 0.4) is 0 Å². The van der Waals surface area contributed by atoms with Gasteiger partial charge in [-0.15, -0.1) is 0 Å². The third-order valence-corrected chi connectivity index (χ3v) is 3.72. The predicted molar refractivity (Wildman–Crippen MR) is 86.8 cm³/mol. The second kappa shape index (κ2) is 6.99. The molecule has 1 unspecified atom stereocenters. The van der Waals surface area contributed by atoms with Crippen molar-refractivity contribution in [2.24, 2.45) is 5.41 Å². The number of pyridine rings is 1. The molecule has 0 spiro atoms. The minimum Gasteiger partial charge on any atom is -0.391 e. The zero-order valence-electron chi connectivity index (χ0n) is 13.3. The molecule has 118 valence electrons. The summed E-state index contributed by atoms with van der Waals surface area (Å²) in [5, 5.41) is 13.1. The van der Waals surface area contributed by atoms with Crippen LogP contribution in [0.1, 0.15) is 26.3 Å². The lowest BCUT2D eigenvalue weighted by Crippen LogP contribution is -2.36. The first-order valence-electron chi connectivity index (χ1n) is 7.45. The minimum absolute atomic E-state index is 0.184. The summed E-state index contributed by atoms with van der Waals surface area (Å²) >= 11 is 0. The number of halogens is 1. The van der Waals surface area contributed by atoms with Gasteiger partial charge in [0.15, 0.2) is 0 Å². The molecule has 0 fully saturated rings. The second-order valence-electron chi connectivity index (χ2n) is 6.55. The molecular weight excluding hydrogens is 279 g/mol. The average Bonchev–Trinajstić information content (AvgIpc) is 2.48. The van der Waals surface area contributed by atoms with Gasteiger partial charge in [-0.25, -0.2) is 4.39 Å². The molecule has 2 rings (SSSR count). The number of hydrogen-bond acceptors (Lipinski definition) is 3. The summed E-state index contributed by atoms with van der Waals surface area (Å²) in [5.41, 5.74) is 2.19. The Bertz CT molecular complexity index is 608. The molecule has 0 aliphatic rings. The quantitative estimate of drug-likeness (QED) is 0.890. The molecule has 0 radical (unpaired) electrons. The summed E-state index contributed by atoms with van der Waals surface area (Å²) in [5.74, 6) is -0.243. The number of aliphatic hydroxyl groups excluding tert-OH is 1. The molecule has 4 heteroatoms. The van der Waals surface area contributed by atoms with E-state index >= 15 is 0 Å². The monoisotopic (exact) mass is 302 g/mol. The van der Waals surface area contributed by atoms with Crippen molar-refractivity contribution in [2.75, 3.05) is 6.54 Å². The summed E-state index contributed by atoms with van der Waals surface area (Å²) in [4.78, 5) is 3.96. The molecule has 1 aromatic carbocycles. The van der Waals surface area contributed by atoms with E-state index in [0.29, 0.717) is 18.7 Å². The smallest absolute Gasteiger partial charge is 0.128 e. The molecule has 0 saturated heterocycles. The van der Waals surface area contributed by atoms with Crippen molar-refractivity contribution in [3.05, 3.63) is 54.1 Å². The summed E-state index contributed by atoms with van der Waals surface area (Å²) in [7, 11) is 0. The fourth-order valence-corrected chi connectivity index (χ4v) is 2.06. The fourth-order valence-electron chi connectivity index (χ4n) is 2.06. The molecule has 0 saturated carbocycles. The molecule has 1 atom stereocenters. The number of nitrogens with one attached hydrogen (secondary N) is 1. The van der Waals surface area contributed by atoms with Crippen molar-refractivity contribution in [3.63, 3.8) is 0 Å². The number of hydrogen-bond donors (Lipinski definition) is 2. The number of benzene rings is 1. The largest absolute Gasteiger partial charge is 0.391 e. The molecule has 1 aromatic heterocycles. The highest BCUT2D eigenvalue weighted by Gasteiger charge is 2.21. The molecule has 0 amide bonds. The van der Waals surface area contributed by atoms with Crippen LogP contribution in [0.2, 0.25) is 0 Å². The van der Waals surface area contributed by atoms with Gasteiger partial charge in [0.1, 0.15) is 5.82 Å². The minimum atomic E-state index is -0.466. The van der Waals surface area contributed by atoms with Crippen molar-refractivity contribution in [2.45, 2.75) is 33.4 Å². The van der Waals surface area contributed by atoms with Crippen molar-refractivity contribution in [3.8, 4) is 11.1 Å². The fraction of sp³-hybridized carbons (Fsp3) is 0.389. The van der Waals surface area contributed by atoms with Gasteiger partial charge in [-0.1, -0.05) is 32.9 Å². The average molecular weight is 302 g/mol. The number of aliphatic hydroxyl groups is 1. The van der Waals surface area contributed by atoms with Crippen LogP contribution in [-0.4, -0.2) is 22.7 Å². The van der Waals surface area contributed by atoms with E-state index in [1.807, 2.05) is 39.0 Å². The van der Waals surface area contributed by atoms with E-state index in [0.717, 1.165) is 11.1 Å². The predicted octanol–water partition coefficient (Wildman–Crippen LogP) is 3.38. The maximum Gasteiger partial charge on any atom is 0.128 e. The highest BCUT2D eigenvalue weighted by Crippen LogP contribution is 2.22. The van der Waals surface area contributed by atoms with Crippen LogP contribution in [-0.2, 0) is 6.54 Å². The Morgan fingerprint density at radius 2 is 1.82 bits per heavy atom. The molecule has 3 nitrogen and oxygen atoms in total. The third-order valence-electron chi connectivity index (χ3n) is 3.72. The van der Waals surface area contributed by atoms with Crippen molar-refractivity contribution >= 4 is 0 Å². The van der Waals surface area contributed by atoms with E-state index in [1.165, 1.54) is 6.07 Å². The van der Waals surface area contributed by atoms with E-state index in [1.54, 1.807) is 18.5 Å². The van der Waals surface area contributed by atoms with Crippen LogP contribution >= 0.6 is 0 Å². The number of aromatic nitrogens is 1. The van der Waals surface area contributed by atoms with Crippen LogP contribution in [0, 0.1) is 11.2 Å². The second-order valence-corrected chi connectivity index (χ2v) is 6.55. The molecular formula is C18H23FN2O. The lowest BCUT2D eigenvalue weighted by Gasteiger charge is -2.26. The van der Waals surface area contributed by atoms with Crippen LogP contribution < -0.4 is 5.32 Å². The molecule has 22 heavy (non-hydrogen) atoms. The van der Waals surface area contributed by atoms with E-state index in [4.69, 9.17) is 0 Å². The Morgan fingerprint density at radius 3 is 2.41 bits per heavy atom. The first-order valence-corrected chi connectivity index (χ1v) is 7.45. The van der Waals surface area contributed by atoms with Crippen LogP contribution in [0.15, 0.2) is 42.7 Å². The Morgan fingerprint density at radius 1 is 1.14 bits per heavy atom. The van der Waals surface area contributed by atoms with E-state index < -0.39 is 6.10 Å². The molecule has 2 N–H and O–H groups in total. The lowest BCUT2D eigenvalue weighted by atomic mass is 9.89. The first-order chi connectivity index (χ1) is 10.4. The third kappa shape index (κ3) is 4.36. The van der Waals surface area contributed by atoms with Crippen molar-refractivity contribution in [1.82, 2.24) is 10.3 Å². The maximum atomic E-state index is 14.2. The van der Waals surface area contributed by atoms with Crippen molar-refractivity contribution in [1.29, 1.82) is 0 Å². The van der Waals surface area contributed by atoms with Gasteiger partial charge in [-0.3, -0.25) is 4.98 Å². The summed E-state index contributed by atoms with van der Waals surface area (Å²) < 4.78 is 14.2. The molecule has 0 aliphatic carbocycles. The van der Waals surface area contributed by atoms with Gasteiger partial charge in [0.05, 0.1) is 6.10 Å². The van der Waals surface area contributed by atoms with Gasteiger partial charge in [-0.2, -0.15) is 0 Å². The number of nitrogens with zero attached hydrogens (tertiary/aromatic N) is 1. The van der Waals surface area contributed by atoms with Gasteiger partial charge in [-0.05, 0) is 34.7 Å². The summed E-state index contributed by atoms with van der Waals surface area (Å²) in [6, 6.07) is 8.92. The van der Waals surface area contributed by atoms with Gasteiger partial charge in [0, 0.05) is 31.0 Å². The van der Waals surface area contributed by atoms with Gasteiger partial charge >= 0.3 is 0 Å². The zero-order valence-corrected chi connectivity index (χ0v) is 13.3. The zero-order chi connectivity index (χ0) is 16.2. The highest BCUT2D eigenvalue weighted by atomic mass is 19.1.